The van der Waals surface area contributed by atoms with Crippen LogP contribution in [0.4, 0.5) is 5.69 Å². The summed E-state index contributed by atoms with van der Waals surface area (Å²) in [6, 6.07) is 8.60. The molecular formula is C17H26N2O2. The molecule has 1 atom stereocenters. The number of nitrogens with one attached hydrogen (secondary N) is 1. The summed E-state index contributed by atoms with van der Waals surface area (Å²) in [4.78, 5) is 14.4. The molecule has 0 bridgehead atoms. The van der Waals surface area contributed by atoms with E-state index in [0.29, 0.717) is 25.7 Å². The molecule has 4 heteroatoms. The van der Waals surface area contributed by atoms with Crippen molar-refractivity contribution in [3.05, 3.63) is 29.8 Å². The van der Waals surface area contributed by atoms with E-state index in [1.807, 2.05) is 24.0 Å². The van der Waals surface area contributed by atoms with Gasteiger partial charge in [-0.1, -0.05) is 25.1 Å². The highest BCUT2D eigenvalue weighted by Crippen LogP contribution is 2.33. The van der Waals surface area contributed by atoms with Crippen LogP contribution in [0, 0.1) is 0 Å². The molecule has 1 aromatic rings. The second-order valence-corrected chi connectivity index (χ2v) is 5.30. The van der Waals surface area contributed by atoms with E-state index in [1.165, 1.54) is 5.56 Å². The number of carbonyl (C=O) groups excluding carboxylic acids is 1. The Hall–Kier alpha value is -1.39. The van der Waals surface area contributed by atoms with Crippen LogP contribution >= 0.6 is 0 Å². The summed E-state index contributed by atoms with van der Waals surface area (Å²) in [6.07, 6.45) is 2.32. The number of nitrogens with zero attached hydrogens (tertiary/aromatic N) is 1. The maximum Gasteiger partial charge on any atom is 0.227 e. The van der Waals surface area contributed by atoms with E-state index in [4.69, 9.17) is 4.74 Å². The van der Waals surface area contributed by atoms with Gasteiger partial charge in [0, 0.05) is 37.9 Å². The van der Waals surface area contributed by atoms with Gasteiger partial charge in [-0.15, -0.1) is 0 Å². The topological polar surface area (TPSA) is 41.6 Å². The van der Waals surface area contributed by atoms with Crippen LogP contribution in [0.5, 0.6) is 0 Å². The van der Waals surface area contributed by atoms with Gasteiger partial charge in [-0.25, -0.2) is 0 Å². The minimum absolute atomic E-state index is 0.206. The van der Waals surface area contributed by atoms with Crippen molar-refractivity contribution in [1.29, 1.82) is 0 Å². The number of hydrogen-bond donors (Lipinski definition) is 1. The first-order chi connectivity index (χ1) is 10.3. The average Bonchev–Trinajstić information content (AvgIpc) is 2.52. The standard InChI is InChI=1S/C17H26N2O2/c1-3-18-15-11-12-19(16-9-6-5-8-14(15)16)17(20)10-7-13-21-4-2/h5-6,8-9,15,18H,3-4,7,10-13H2,1-2H3. The lowest BCUT2D eigenvalue weighted by Gasteiger charge is -2.34. The van der Waals surface area contributed by atoms with Gasteiger partial charge in [-0.3, -0.25) is 4.79 Å². The first-order valence-electron chi connectivity index (χ1n) is 7.98. The molecule has 1 aromatic carbocycles. The third-order valence-electron chi connectivity index (χ3n) is 3.88. The number of ether oxygens (including phenoxy) is 1. The monoisotopic (exact) mass is 290 g/mol. The number of carbonyl (C=O) groups is 1. The van der Waals surface area contributed by atoms with E-state index in [1.54, 1.807) is 0 Å². The maximum atomic E-state index is 12.4. The predicted octanol–water partition coefficient (Wildman–Crippen LogP) is 2.89. The number of fused-ring (bicyclic) bond motifs is 1. The van der Waals surface area contributed by atoms with Gasteiger partial charge in [-0.2, -0.15) is 0 Å². The Bertz CT molecular complexity index is 462. The normalized spacial score (nSPS) is 17.6. The Morgan fingerprint density at radius 2 is 2.19 bits per heavy atom. The van der Waals surface area contributed by atoms with E-state index >= 15 is 0 Å². The van der Waals surface area contributed by atoms with Crippen molar-refractivity contribution >= 4 is 11.6 Å². The summed E-state index contributed by atoms with van der Waals surface area (Å²) >= 11 is 0. The molecule has 0 aliphatic carbocycles. The molecule has 2 rings (SSSR count). The minimum Gasteiger partial charge on any atom is -0.382 e. The van der Waals surface area contributed by atoms with Gasteiger partial charge in [0.15, 0.2) is 0 Å². The van der Waals surface area contributed by atoms with Crippen molar-refractivity contribution < 1.29 is 9.53 Å². The number of benzene rings is 1. The van der Waals surface area contributed by atoms with Crippen molar-refractivity contribution in [2.45, 2.75) is 39.2 Å². The van der Waals surface area contributed by atoms with E-state index in [9.17, 15) is 4.79 Å². The zero-order valence-corrected chi connectivity index (χ0v) is 13.1. The molecule has 4 nitrogen and oxygen atoms in total. The molecule has 116 valence electrons. The molecule has 1 aliphatic rings. The lowest BCUT2D eigenvalue weighted by Crippen LogP contribution is -2.39. The van der Waals surface area contributed by atoms with Crippen molar-refractivity contribution in [3.8, 4) is 0 Å². The number of anilines is 1. The molecule has 0 radical (unpaired) electrons. The molecule has 21 heavy (non-hydrogen) atoms. The fourth-order valence-corrected chi connectivity index (χ4v) is 2.88. The molecule has 1 amide bonds. The van der Waals surface area contributed by atoms with Gasteiger partial charge in [-0.05, 0) is 37.9 Å². The van der Waals surface area contributed by atoms with Gasteiger partial charge in [0.1, 0.15) is 0 Å². The lowest BCUT2D eigenvalue weighted by molar-refractivity contribution is -0.119. The molecule has 0 spiro atoms. The Labute approximate surface area is 127 Å². The SMILES string of the molecule is CCNC1CCN(C(=O)CCCOCC)c2ccccc21. The van der Waals surface area contributed by atoms with Crippen molar-refractivity contribution in [3.63, 3.8) is 0 Å². The van der Waals surface area contributed by atoms with Crippen LogP contribution in [-0.2, 0) is 9.53 Å². The highest BCUT2D eigenvalue weighted by Gasteiger charge is 2.27. The zero-order valence-electron chi connectivity index (χ0n) is 13.1. The summed E-state index contributed by atoms with van der Waals surface area (Å²) in [6.45, 7) is 7.21. The Morgan fingerprint density at radius 1 is 1.38 bits per heavy atom. The summed E-state index contributed by atoms with van der Waals surface area (Å²) in [5, 5.41) is 3.50. The molecule has 0 saturated heterocycles. The smallest absolute Gasteiger partial charge is 0.227 e. The van der Waals surface area contributed by atoms with Crippen molar-refractivity contribution in [1.82, 2.24) is 5.32 Å². The fourth-order valence-electron chi connectivity index (χ4n) is 2.88. The van der Waals surface area contributed by atoms with Gasteiger partial charge < -0.3 is 15.0 Å². The van der Waals surface area contributed by atoms with Crippen LogP contribution in [0.2, 0.25) is 0 Å². The summed E-state index contributed by atoms with van der Waals surface area (Å²) in [5.41, 5.74) is 2.31. The molecule has 1 unspecified atom stereocenters. The third kappa shape index (κ3) is 4.05. The highest BCUT2D eigenvalue weighted by atomic mass is 16.5. The Morgan fingerprint density at radius 3 is 2.95 bits per heavy atom. The van der Waals surface area contributed by atoms with Gasteiger partial charge in [0.25, 0.3) is 0 Å². The maximum absolute atomic E-state index is 12.4. The molecule has 1 aliphatic heterocycles. The van der Waals surface area contributed by atoms with E-state index in [2.05, 4.69) is 24.4 Å². The van der Waals surface area contributed by atoms with Gasteiger partial charge in [0.2, 0.25) is 5.91 Å². The highest BCUT2D eigenvalue weighted by molar-refractivity contribution is 5.94. The van der Waals surface area contributed by atoms with Crippen LogP contribution < -0.4 is 10.2 Å². The number of para-hydroxylation sites is 1. The van der Waals surface area contributed by atoms with Crippen LogP contribution in [-0.4, -0.2) is 32.2 Å². The molecular weight excluding hydrogens is 264 g/mol. The molecule has 1 heterocycles. The quantitative estimate of drug-likeness (QED) is 0.785. The van der Waals surface area contributed by atoms with Gasteiger partial charge in [0.05, 0.1) is 0 Å². The largest absolute Gasteiger partial charge is 0.382 e. The first-order valence-corrected chi connectivity index (χ1v) is 7.98. The number of hydrogen-bond acceptors (Lipinski definition) is 3. The summed E-state index contributed by atoms with van der Waals surface area (Å²) in [7, 11) is 0. The Kier molecular flexibility index (Phi) is 6.21. The van der Waals surface area contributed by atoms with Gasteiger partial charge >= 0.3 is 0 Å². The van der Waals surface area contributed by atoms with Crippen molar-refractivity contribution in [2.75, 3.05) is 31.2 Å². The molecule has 1 N–H and O–H groups in total. The Balaban J connectivity index is 2.04. The lowest BCUT2D eigenvalue weighted by atomic mass is 9.96. The third-order valence-corrected chi connectivity index (χ3v) is 3.88. The second-order valence-electron chi connectivity index (χ2n) is 5.30. The summed E-state index contributed by atoms with van der Waals surface area (Å²) in [5.74, 6) is 0.206. The molecule has 0 saturated carbocycles. The summed E-state index contributed by atoms with van der Waals surface area (Å²) < 4.78 is 5.31. The average molecular weight is 290 g/mol. The van der Waals surface area contributed by atoms with E-state index in [-0.39, 0.29) is 5.91 Å². The number of amides is 1. The molecule has 0 fully saturated rings. The van der Waals surface area contributed by atoms with Crippen LogP contribution in [0.15, 0.2) is 24.3 Å². The van der Waals surface area contributed by atoms with Crippen LogP contribution in [0.1, 0.15) is 44.7 Å². The van der Waals surface area contributed by atoms with E-state index in [0.717, 1.165) is 31.6 Å². The minimum atomic E-state index is 0.206. The van der Waals surface area contributed by atoms with Crippen LogP contribution in [0.25, 0.3) is 0 Å². The first kappa shape index (κ1) is 16.0. The fraction of sp³-hybridized carbons (Fsp3) is 0.588. The molecule has 0 aromatic heterocycles. The predicted molar refractivity (Wildman–Crippen MR) is 85.6 cm³/mol. The van der Waals surface area contributed by atoms with E-state index < -0.39 is 0 Å². The zero-order chi connectivity index (χ0) is 15.1. The number of rotatable bonds is 7. The van der Waals surface area contributed by atoms with Crippen molar-refractivity contribution in [2.24, 2.45) is 0 Å². The van der Waals surface area contributed by atoms with Crippen LogP contribution in [0.3, 0.4) is 0 Å². The second kappa shape index (κ2) is 8.15.